The Balaban J connectivity index is 2.49. The van der Waals surface area contributed by atoms with Crippen molar-refractivity contribution in [2.45, 2.75) is 26.3 Å². The molecule has 0 aliphatic rings. The van der Waals surface area contributed by atoms with E-state index in [0.717, 1.165) is 31.9 Å². The molecule has 2 N–H and O–H groups in total. The van der Waals surface area contributed by atoms with E-state index in [4.69, 9.17) is 5.73 Å². The minimum atomic E-state index is 0.909. The second-order valence-corrected chi connectivity index (χ2v) is 5.13. The summed E-state index contributed by atoms with van der Waals surface area (Å²) in [5, 5.41) is 0. The van der Waals surface area contributed by atoms with Crippen LogP contribution in [0.1, 0.15) is 25.3 Å². The van der Waals surface area contributed by atoms with Crippen molar-refractivity contribution in [2.75, 3.05) is 39.5 Å². The monoisotopic (exact) mass is 249 g/mol. The number of hydrogen-bond donors (Lipinski definition) is 1. The Kier molecular flexibility index (Phi) is 6.76. The molecule has 0 atom stereocenters. The van der Waals surface area contributed by atoms with E-state index in [1.165, 1.54) is 18.4 Å². The molecule has 0 aliphatic carbocycles. The summed E-state index contributed by atoms with van der Waals surface area (Å²) in [5.41, 5.74) is 8.16. The SMILES string of the molecule is CCCN(CCCN(C)C)Cc1ccccc1N. The minimum absolute atomic E-state index is 0.909. The van der Waals surface area contributed by atoms with E-state index in [9.17, 15) is 0 Å². The van der Waals surface area contributed by atoms with Crippen LogP contribution in [0.5, 0.6) is 0 Å². The molecule has 0 spiro atoms. The van der Waals surface area contributed by atoms with Crippen molar-refractivity contribution >= 4 is 5.69 Å². The topological polar surface area (TPSA) is 32.5 Å². The highest BCUT2D eigenvalue weighted by atomic mass is 15.1. The van der Waals surface area contributed by atoms with Crippen molar-refractivity contribution in [3.63, 3.8) is 0 Å². The van der Waals surface area contributed by atoms with Gasteiger partial charge < -0.3 is 10.6 Å². The predicted octanol–water partition coefficient (Wildman–Crippen LogP) is 2.43. The maximum atomic E-state index is 6.01. The lowest BCUT2D eigenvalue weighted by molar-refractivity contribution is 0.248. The minimum Gasteiger partial charge on any atom is -0.398 e. The number of benzene rings is 1. The van der Waals surface area contributed by atoms with Crippen molar-refractivity contribution in [3.8, 4) is 0 Å². The third kappa shape index (κ3) is 5.52. The number of anilines is 1. The van der Waals surface area contributed by atoms with Gasteiger partial charge in [0.1, 0.15) is 0 Å². The van der Waals surface area contributed by atoms with Gasteiger partial charge in [-0.15, -0.1) is 0 Å². The Morgan fingerprint density at radius 3 is 2.39 bits per heavy atom. The van der Waals surface area contributed by atoms with Crippen LogP contribution in [-0.4, -0.2) is 43.5 Å². The maximum absolute atomic E-state index is 6.01. The molecule has 0 saturated carbocycles. The third-order valence-electron chi connectivity index (χ3n) is 3.07. The first-order chi connectivity index (χ1) is 8.63. The van der Waals surface area contributed by atoms with Crippen LogP contribution in [0.3, 0.4) is 0 Å². The zero-order chi connectivity index (χ0) is 13.4. The van der Waals surface area contributed by atoms with Gasteiger partial charge in [0.25, 0.3) is 0 Å². The number of para-hydroxylation sites is 1. The van der Waals surface area contributed by atoms with Crippen LogP contribution in [-0.2, 0) is 6.54 Å². The van der Waals surface area contributed by atoms with Gasteiger partial charge >= 0.3 is 0 Å². The van der Waals surface area contributed by atoms with Gasteiger partial charge in [-0.3, -0.25) is 4.90 Å². The van der Waals surface area contributed by atoms with E-state index in [0.29, 0.717) is 0 Å². The number of hydrogen-bond acceptors (Lipinski definition) is 3. The maximum Gasteiger partial charge on any atom is 0.0359 e. The zero-order valence-corrected chi connectivity index (χ0v) is 12.0. The molecule has 1 aromatic rings. The molecular weight excluding hydrogens is 222 g/mol. The highest BCUT2D eigenvalue weighted by Gasteiger charge is 2.07. The van der Waals surface area contributed by atoms with Gasteiger partial charge in [-0.05, 0) is 58.2 Å². The van der Waals surface area contributed by atoms with Crippen LogP contribution in [0.15, 0.2) is 24.3 Å². The van der Waals surface area contributed by atoms with Gasteiger partial charge in [0.2, 0.25) is 0 Å². The molecule has 3 heteroatoms. The van der Waals surface area contributed by atoms with Crippen molar-refractivity contribution in [1.29, 1.82) is 0 Å². The van der Waals surface area contributed by atoms with Crippen molar-refractivity contribution < 1.29 is 0 Å². The number of nitrogens with zero attached hydrogens (tertiary/aromatic N) is 2. The molecule has 0 radical (unpaired) electrons. The van der Waals surface area contributed by atoms with Gasteiger partial charge in [0.05, 0.1) is 0 Å². The summed E-state index contributed by atoms with van der Waals surface area (Å²) in [7, 11) is 4.25. The van der Waals surface area contributed by atoms with E-state index in [1.807, 2.05) is 12.1 Å². The highest BCUT2D eigenvalue weighted by Crippen LogP contribution is 2.13. The lowest BCUT2D eigenvalue weighted by atomic mass is 10.1. The lowest BCUT2D eigenvalue weighted by Gasteiger charge is -2.23. The van der Waals surface area contributed by atoms with E-state index >= 15 is 0 Å². The predicted molar refractivity (Wildman–Crippen MR) is 79.6 cm³/mol. The fourth-order valence-electron chi connectivity index (χ4n) is 2.12. The summed E-state index contributed by atoms with van der Waals surface area (Å²) in [4.78, 5) is 4.73. The second-order valence-electron chi connectivity index (χ2n) is 5.13. The van der Waals surface area contributed by atoms with E-state index in [2.05, 4.69) is 43.0 Å². The van der Waals surface area contributed by atoms with Crippen LogP contribution in [0, 0.1) is 0 Å². The zero-order valence-electron chi connectivity index (χ0n) is 12.0. The number of nitrogen functional groups attached to an aromatic ring is 1. The molecule has 0 amide bonds. The molecule has 0 saturated heterocycles. The van der Waals surface area contributed by atoms with Gasteiger partial charge in [-0.25, -0.2) is 0 Å². The van der Waals surface area contributed by atoms with E-state index in [-0.39, 0.29) is 0 Å². The standard InChI is InChI=1S/C15H27N3/c1-4-10-18(12-7-11-17(2)3)13-14-8-5-6-9-15(14)16/h5-6,8-9H,4,7,10-13,16H2,1-3H3. The normalized spacial score (nSPS) is 11.4. The molecule has 0 heterocycles. The number of nitrogens with two attached hydrogens (primary N) is 1. The average molecular weight is 249 g/mol. The summed E-state index contributed by atoms with van der Waals surface area (Å²) >= 11 is 0. The molecule has 18 heavy (non-hydrogen) atoms. The average Bonchev–Trinajstić information content (AvgIpc) is 2.32. The molecule has 0 aromatic heterocycles. The first-order valence-electron chi connectivity index (χ1n) is 6.84. The van der Waals surface area contributed by atoms with Gasteiger partial charge in [0.15, 0.2) is 0 Å². The smallest absolute Gasteiger partial charge is 0.0359 e. The Morgan fingerprint density at radius 1 is 1.06 bits per heavy atom. The largest absolute Gasteiger partial charge is 0.398 e. The Morgan fingerprint density at radius 2 is 1.78 bits per heavy atom. The van der Waals surface area contributed by atoms with Gasteiger partial charge in [-0.2, -0.15) is 0 Å². The summed E-state index contributed by atoms with van der Waals surface area (Å²) in [6.45, 7) is 6.62. The summed E-state index contributed by atoms with van der Waals surface area (Å²) < 4.78 is 0. The molecule has 0 aliphatic heterocycles. The molecule has 0 fully saturated rings. The molecule has 1 aromatic carbocycles. The molecule has 1 rings (SSSR count). The summed E-state index contributed by atoms with van der Waals surface area (Å²) in [6, 6.07) is 8.17. The molecule has 0 unspecified atom stereocenters. The first kappa shape index (κ1) is 15.0. The van der Waals surface area contributed by atoms with Crippen LogP contribution < -0.4 is 5.73 Å². The quantitative estimate of drug-likeness (QED) is 0.718. The fourth-order valence-corrected chi connectivity index (χ4v) is 2.12. The van der Waals surface area contributed by atoms with Gasteiger partial charge in [-0.1, -0.05) is 25.1 Å². The first-order valence-corrected chi connectivity index (χ1v) is 6.84. The lowest BCUT2D eigenvalue weighted by Crippen LogP contribution is -2.28. The third-order valence-corrected chi connectivity index (χ3v) is 3.07. The van der Waals surface area contributed by atoms with Gasteiger partial charge in [0, 0.05) is 12.2 Å². The highest BCUT2D eigenvalue weighted by molar-refractivity contribution is 5.46. The number of rotatable bonds is 8. The summed E-state index contributed by atoms with van der Waals surface area (Å²) in [5.74, 6) is 0. The molecule has 102 valence electrons. The molecule has 0 bridgehead atoms. The summed E-state index contributed by atoms with van der Waals surface area (Å²) in [6.07, 6.45) is 2.40. The van der Waals surface area contributed by atoms with Crippen molar-refractivity contribution in [3.05, 3.63) is 29.8 Å². The Bertz CT molecular complexity index is 336. The van der Waals surface area contributed by atoms with Crippen molar-refractivity contribution in [1.82, 2.24) is 9.80 Å². The Labute approximate surface area is 112 Å². The van der Waals surface area contributed by atoms with E-state index < -0.39 is 0 Å². The second kappa shape index (κ2) is 8.11. The fraction of sp³-hybridized carbons (Fsp3) is 0.600. The Hall–Kier alpha value is -1.06. The van der Waals surface area contributed by atoms with Crippen LogP contribution in [0.25, 0.3) is 0 Å². The van der Waals surface area contributed by atoms with Crippen LogP contribution in [0.2, 0.25) is 0 Å². The van der Waals surface area contributed by atoms with Crippen LogP contribution >= 0.6 is 0 Å². The molecule has 3 nitrogen and oxygen atoms in total. The van der Waals surface area contributed by atoms with Crippen LogP contribution in [0.4, 0.5) is 5.69 Å². The molecular formula is C15H27N3. The van der Waals surface area contributed by atoms with Crippen molar-refractivity contribution in [2.24, 2.45) is 0 Å². The van der Waals surface area contributed by atoms with E-state index in [1.54, 1.807) is 0 Å².